The van der Waals surface area contributed by atoms with Crippen molar-refractivity contribution in [1.82, 2.24) is 4.98 Å². The van der Waals surface area contributed by atoms with Gasteiger partial charge >= 0.3 is 0 Å². The molecule has 1 heterocycles. The molecule has 0 aliphatic heterocycles. The van der Waals surface area contributed by atoms with Crippen LogP contribution in [0.25, 0.3) is 12.2 Å². The fraction of sp³-hybridized carbons (Fsp3) is 0.533. The van der Waals surface area contributed by atoms with E-state index in [0.29, 0.717) is 31.3 Å². The summed E-state index contributed by atoms with van der Waals surface area (Å²) in [5, 5.41) is 0. The van der Waals surface area contributed by atoms with Crippen LogP contribution in [0.1, 0.15) is 56.4 Å². The molecule has 0 saturated heterocycles. The van der Waals surface area contributed by atoms with Crippen molar-refractivity contribution in [2.45, 2.75) is 56.4 Å². The molecule has 3 atom stereocenters. The molecular weight excluding hydrogens is 470 g/mol. The summed E-state index contributed by atoms with van der Waals surface area (Å²) in [6.07, 6.45) is 11.8. The molecule has 0 bridgehead atoms. The highest BCUT2D eigenvalue weighted by molar-refractivity contribution is 7.98. The number of aromatic nitrogens is 1. The third kappa shape index (κ3) is 7.28. The van der Waals surface area contributed by atoms with Gasteiger partial charge in [0.15, 0.2) is 5.78 Å². The molecule has 196 valence electrons. The first-order valence-corrected chi connectivity index (χ1v) is 14.1. The highest BCUT2D eigenvalue weighted by atomic mass is 32.2. The molecule has 36 heavy (non-hydrogen) atoms. The van der Waals surface area contributed by atoms with Crippen molar-refractivity contribution in [2.24, 2.45) is 17.8 Å². The number of methoxy groups -OCH3 is 2. The molecule has 5 nitrogen and oxygen atoms in total. The molecule has 1 fully saturated rings. The van der Waals surface area contributed by atoms with Gasteiger partial charge in [0.2, 0.25) is 0 Å². The van der Waals surface area contributed by atoms with Crippen molar-refractivity contribution in [3.05, 3.63) is 59.4 Å². The minimum absolute atomic E-state index is 0.0819. The number of pyridine rings is 1. The van der Waals surface area contributed by atoms with Crippen molar-refractivity contribution < 1.29 is 19.0 Å². The molecule has 0 amide bonds. The maximum Gasteiger partial charge on any atom is 0.165 e. The molecule has 3 rings (SSSR count). The van der Waals surface area contributed by atoms with E-state index in [9.17, 15) is 4.79 Å². The van der Waals surface area contributed by atoms with Gasteiger partial charge in [-0.25, -0.2) is 0 Å². The highest BCUT2D eigenvalue weighted by Gasteiger charge is 2.52. The molecule has 1 aliphatic carbocycles. The molecule has 1 aromatic carbocycles. The Morgan fingerprint density at radius 2 is 1.97 bits per heavy atom. The van der Waals surface area contributed by atoms with Crippen molar-refractivity contribution in [2.75, 3.05) is 33.9 Å². The lowest BCUT2D eigenvalue weighted by atomic mass is 9.63. The number of hydrogen-bond donors (Lipinski definition) is 0. The van der Waals surface area contributed by atoms with Crippen LogP contribution in [0, 0.1) is 17.8 Å². The Morgan fingerprint density at radius 1 is 1.17 bits per heavy atom. The van der Waals surface area contributed by atoms with E-state index >= 15 is 0 Å². The number of ether oxygens (including phenoxy) is 3. The van der Waals surface area contributed by atoms with E-state index in [-0.39, 0.29) is 18.5 Å². The predicted molar refractivity (Wildman–Crippen MR) is 148 cm³/mol. The number of rotatable bonds is 13. The Kier molecular flexibility index (Phi) is 11.2. The van der Waals surface area contributed by atoms with Gasteiger partial charge in [0.25, 0.3) is 0 Å². The Balaban J connectivity index is 1.94. The van der Waals surface area contributed by atoms with Gasteiger partial charge in [0.1, 0.15) is 12.4 Å². The van der Waals surface area contributed by atoms with Gasteiger partial charge in [0, 0.05) is 50.5 Å². The minimum atomic E-state index is -0.947. The molecule has 0 N–H and O–H groups in total. The van der Waals surface area contributed by atoms with Gasteiger partial charge in [-0.15, -0.1) is 11.8 Å². The van der Waals surface area contributed by atoms with Crippen LogP contribution in [0.3, 0.4) is 0 Å². The lowest BCUT2D eigenvalue weighted by molar-refractivity contribution is -0.191. The van der Waals surface area contributed by atoms with E-state index in [1.165, 1.54) is 10.5 Å². The summed E-state index contributed by atoms with van der Waals surface area (Å²) in [5.41, 5.74) is 2.15. The number of hydrogen-bond acceptors (Lipinski definition) is 6. The van der Waals surface area contributed by atoms with E-state index in [1.807, 2.05) is 12.3 Å². The van der Waals surface area contributed by atoms with Crippen LogP contribution in [0.15, 0.2) is 47.5 Å². The van der Waals surface area contributed by atoms with Crippen LogP contribution in [-0.4, -0.2) is 50.2 Å². The van der Waals surface area contributed by atoms with Gasteiger partial charge in [-0.1, -0.05) is 44.2 Å². The first-order chi connectivity index (χ1) is 17.4. The maximum absolute atomic E-state index is 13.6. The molecule has 1 saturated carbocycles. The normalized spacial score (nSPS) is 22.6. The zero-order valence-electron chi connectivity index (χ0n) is 22.4. The van der Waals surface area contributed by atoms with Crippen molar-refractivity contribution in [3.8, 4) is 0 Å². The number of nitrogens with zero attached hydrogens (tertiary/aromatic N) is 1. The van der Waals surface area contributed by atoms with E-state index < -0.39 is 5.60 Å². The predicted octanol–water partition coefficient (Wildman–Crippen LogP) is 6.55. The Morgan fingerprint density at radius 3 is 2.69 bits per heavy atom. The van der Waals surface area contributed by atoms with Crippen molar-refractivity contribution in [1.29, 1.82) is 0 Å². The number of carbonyl (C=O) groups is 1. The van der Waals surface area contributed by atoms with Crippen LogP contribution in [0.4, 0.5) is 0 Å². The van der Waals surface area contributed by atoms with Crippen LogP contribution in [0.5, 0.6) is 0 Å². The summed E-state index contributed by atoms with van der Waals surface area (Å²) in [5.74, 6) is 1.04. The number of ketones is 1. The third-order valence-corrected chi connectivity index (χ3v) is 7.92. The standard InChI is InChI=1S/C30H41NO4S/c1-22(2)18-27-24(15-17-33-3)12-13-29(32)30(27,35-21-34-4)20-26-19-23(14-16-31-26)10-11-25-8-6-7-9-28(25)36-5/h6-11,14,16,19,22,24,27H,12-13,15,17-18,20-21H2,1-5H3/b11-10+/t24?,27-,30-/m1/s1. The molecule has 1 aliphatic rings. The van der Waals surface area contributed by atoms with E-state index in [1.54, 1.807) is 26.0 Å². The van der Waals surface area contributed by atoms with E-state index in [2.05, 4.69) is 67.6 Å². The van der Waals surface area contributed by atoms with E-state index in [0.717, 1.165) is 30.5 Å². The Hall–Kier alpha value is -1.99. The lowest BCUT2D eigenvalue weighted by Gasteiger charge is -2.47. The van der Waals surface area contributed by atoms with Crippen molar-refractivity contribution >= 4 is 29.7 Å². The fourth-order valence-corrected chi connectivity index (χ4v) is 6.00. The molecule has 6 heteroatoms. The average molecular weight is 512 g/mol. The second kappa shape index (κ2) is 14.1. The summed E-state index contributed by atoms with van der Waals surface area (Å²) in [6, 6.07) is 12.4. The van der Waals surface area contributed by atoms with Gasteiger partial charge in [-0.05, 0) is 72.6 Å². The summed E-state index contributed by atoms with van der Waals surface area (Å²) in [6.45, 7) is 5.19. The zero-order valence-corrected chi connectivity index (χ0v) is 23.2. The second-order valence-electron chi connectivity index (χ2n) is 10.0. The summed E-state index contributed by atoms with van der Waals surface area (Å²) in [4.78, 5) is 19.6. The third-order valence-electron chi connectivity index (χ3n) is 7.11. The van der Waals surface area contributed by atoms with Gasteiger partial charge in [-0.2, -0.15) is 0 Å². The first kappa shape index (κ1) is 28.6. The first-order valence-electron chi connectivity index (χ1n) is 12.8. The highest BCUT2D eigenvalue weighted by Crippen LogP contribution is 2.45. The average Bonchev–Trinajstić information content (AvgIpc) is 2.88. The SMILES string of the molecule is COCCC1CCC(=O)[C@](Cc2cc(/C=C/c3ccccc3SC)ccn2)(OCOC)[C@@H]1CC(C)C. The number of thioether (sulfide) groups is 1. The summed E-state index contributed by atoms with van der Waals surface area (Å²) >= 11 is 1.74. The largest absolute Gasteiger partial charge is 0.385 e. The number of Topliss-reactive ketones (excluding diaryl/α,β-unsaturated/α-hetero) is 1. The van der Waals surface area contributed by atoms with Crippen LogP contribution < -0.4 is 0 Å². The summed E-state index contributed by atoms with van der Waals surface area (Å²) < 4.78 is 17.1. The van der Waals surface area contributed by atoms with Gasteiger partial charge < -0.3 is 14.2 Å². The van der Waals surface area contributed by atoms with Crippen LogP contribution >= 0.6 is 11.8 Å². The quantitative estimate of drug-likeness (QED) is 0.224. The lowest BCUT2D eigenvalue weighted by Crippen LogP contribution is -2.56. The topological polar surface area (TPSA) is 57.7 Å². The van der Waals surface area contributed by atoms with Gasteiger partial charge in [0.05, 0.1) is 0 Å². The summed E-state index contributed by atoms with van der Waals surface area (Å²) in [7, 11) is 3.34. The monoisotopic (exact) mass is 511 g/mol. The van der Waals surface area contributed by atoms with Crippen LogP contribution in [-0.2, 0) is 25.4 Å². The molecule has 1 unspecified atom stereocenters. The smallest absolute Gasteiger partial charge is 0.165 e. The molecule has 0 spiro atoms. The maximum atomic E-state index is 13.6. The number of carbonyl (C=O) groups excluding carboxylic acids is 1. The second-order valence-corrected chi connectivity index (χ2v) is 10.9. The van der Waals surface area contributed by atoms with Crippen LogP contribution in [0.2, 0.25) is 0 Å². The number of benzene rings is 1. The Bertz CT molecular complexity index is 1010. The Labute approximate surface area is 221 Å². The van der Waals surface area contributed by atoms with E-state index in [4.69, 9.17) is 14.2 Å². The molecule has 2 aromatic rings. The fourth-order valence-electron chi connectivity index (χ4n) is 5.41. The zero-order chi connectivity index (χ0) is 26.0. The molecule has 0 radical (unpaired) electrons. The minimum Gasteiger partial charge on any atom is -0.385 e. The van der Waals surface area contributed by atoms with Crippen molar-refractivity contribution in [3.63, 3.8) is 0 Å². The van der Waals surface area contributed by atoms with Gasteiger partial charge in [-0.3, -0.25) is 9.78 Å². The molecule has 1 aromatic heterocycles. The molecular formula is C30H41NO4S.